The number of unbranched alkanes of at least 4 members (excludes halogenated alkanes) is 34. The van der Waals surface area contributed by atoms with E-state index >= 15 is 0 Å². The Balaban J connectivity index is 3.37. The Bertz CT molecular complexity index is 762. The standard InChI is InChI=1S/C50H96O4/c1-3-5-7-9-11-13-15-17-19-21-23-25-26-27-29-31-33-35-37-39-41-43-45-50(52)54-49(47-51)48-53-46-44-42-40-38-36-34-32-30-28-24-22-20-18-16-14-12-10-8-6-4-2/h12,14,18,20,49,51H,3-11,13,15-17,19,21-48H2,1-2H3/b14-12-,20-18-. The van der Waals surface area contributed by atoms with Crippen LogP contribution in [0.1, 0.15) is 264 Å². The molecule has 0 radical (unpaired) electrons. The predicted molar refractivity (Wildman–Crippen MR) is 237 cm³/mol. The van der Waals surface area contributed by atoms with Crippen LogP contribution in [0.15, 0.2) is 24.3 Å². The fourth-order valence-corrected chi connectivity index (χ4v) is 7.36. The van der Waals surface area contributed by atoms with Gasteiger partial charge in [-0.3, -0.25) is 4.79 Å². The van der Waals surface area contributed by atoms with Crippen molar-refractivity contribution < 1.29 is 19.4 Å². The van der Waals surface area contributed by atoms with E-state index < -0.39 is 6.10 Å². The maximum absolute atomic E-state index is 12.3. The summed E-state index contributed by atoms with van der Waals surface area (Å²) in [6.45, 7) is 5.36. The lowest BCUT2D eigenvalue weighted by atomic mass is 10.0. The van der Waals surface area contributed by atoms with Gasteiger partial charge < -0.3 is 14.6 Å². The van der Waals surface area contributed by atoms with Crippen LogP contribution < -0.4 is 0 Å². The van der Waals surface area contributed by atoms with Gasteiger partial charge in [-0.25, -0.2) is 0 Å². The molecule has 0 fully saturated rings. The lowest BCUT2D eigenvalue weighted by Crippen LogP contribution is -2.27. The van der Waals surface area contributed by atoms with Gasteiger partial charge in [0.15, 0.2) is 0 Å². The van der Waals surface area contributed by atoms with Gasteiger partial charge in [0.05, 0.1) is 13.2 Å². The van der Waals surface area contributed by atoms with Crippen LogP contribution in [0.25, 0.3) is 0 Å². The highest BCUT2D eigenvalue weighted by Gasteiger charge is 2.13. The van der Waals surface area contributed by atoms with Crippen molar-refractivity contribution >= 4 is 5.97 Å². The lowest BCUT2D eigenvalue weighted by molar-refractivity contribution is -0.154. The number of ether oxygens (including phenoxy) is 2. The molecular weight excluding hydrogens is 665 g/mol. The van der Waals surface area contributed by atoms with Crippen molar-refractivity contribution in [2.45, 2.75) is 270 Å². The van der Waals surface area contributed by atoms with E-state index in [1.165, 1.54) is 218 Å². The Hall–Kier alpha value is -1.13. The van der Waals surface area contributed by atoms with Gasteiger partial charge in [0.25, 0.3) is 0 Å². The summed E-state index contributed by atoms with van der Waals surface area (Å²) < 4.78 is 11.2. The van der Waals surface area contributed by atoms with Gasteiger partial charge >= 0.3 is 5.97 Å². The minimum atomic E-state index is -0.532. The number of carbonyl (C=O) groups excluding carboxylic acids is 1. The van der Waals surface area contributed by atoms with E-state index in [2.05, 4.69) is 38.2 Å². The highest BCUT2D eigenvalue weighted by Crippen LogP contribution is 2.16. The van der Waals surface area contributed by atoms with E-state index in [9.17, 15) is 9.90 Å². The van der Waals surface area contributed by atoms with Crippen LogP contribution in [-0.2, 0) is 14.3 Å². The molecule has 0 amide bonds. The van der Waals surface area contributed by atoms with Crippen LogP contribution in [0.2, 0.25) is 0 Å². The summed E-state index contributed by atoms with van der Waals surface area (Å²) in [4.78, 5) is 12.3. The van der Waals surface area contributed by atoms with Gasteiger partial charge in [-0.15, -0.1) is 0 Å². The van der Waals surface area contributed by atoms with Crippen molar-refractivity contribution in [1.29, 1.82) is 0 Å². The molecule has 1 N–H and O–H groups in total. The topological polar surface area (TPSA) is 55.8 Å². The Kier molecular flexibility index (Phi) is 47.0. The van der Waals surface area contributed by atoms with Gasteiger partial charge in [0.2, 0.25) is 0 Å². The summed E-state index contributed by atoms with van der Waals surface area (Å²) in [5.41, 5.74) is 0. The molecular formula is C50H96O4. The number of aliphatic hydroxyl groups excluding tert-OH is 1. The second kappa shape index (κ2) is 48.0. The Morgan fingerprint density at radius 3 is 1.19 bits per heavy atom. The van der Waals surface area contributed by atoms with Gasteiger partial charge in [-0.2, -0.15) is 0 Å². The molecule has 0 saturated heterocycles. The van der Waals surface area contributed by atoms with Crippen LogP contribution in [0.4, 0.5) is 0 Å². The van der Waals surface area contributed by atoms with E-state index in [0.717, 1.165) is 25.7 Å². The highest BCUT2D eigenvalue weighted by atomic mass is 16.6. The molecule has 0 aromatic heterocycles. The number of esters is 1. The summed E-state index contributed by atoms with van der Waals surface area (Å²) in [7, 11) is 0. The van der Waals surface area contributed by atoms with Crippen LogP contribution in [-0.4, -0.2) is 37.0 Å². The average molecular weight is 761 g/mol. The van der Waals surface area contributed by atoms with Crippen LogP contribution in [0.3, 0.4) is 0 Å². The van der Waals surface area contributed by atoms with E-state index in [4.69, 9.17) is 9.47 Å². The quantitative estimate of drug-likeness (QED) is 0.0381. The van der Waals surface area contributed by atoms with Gasteiger partial charge in [0, 0.05) is 13.0 Å². The van der Waals surface area contributed by atoms with Gasteiger partial charge in [-0.1, -0.05) is 237 Å². The van der Waals surface area contributed by atoms with E-state index in [1.54, 1.807) is 0 Å². The van der Waals surface area contributed by atoms with Crippen LogP contribution in [0, 0.1) is 0 Å². The molecule has 0 heterocycles. The molecule has 0 saturated carbocycles. The van der Waals surface area contributed by atoms with E-state index in [1.807, 2.05) is 0 Å². The molecule has 0 bridgehead atoms. The number of carbonyl (C=O) groups is 1. The molecule has 320 valence electrons. The Labute approximate surface area is 338 Å². The zero-order valence-corrected chi connectivity index (χ0v) is 36.8. The third-order valence-electron chi connectivity index (χ3n) is 11.0. The van der Waals surface area contributed by atoms with E-state index in [0.29, 0.717) is 19.6 Å². The highest BCUT2D eigenvalue weighted by molar-refractivity contribution is 5.69. The number of rotatable bonds is 46. The zero-order chi connectivity index (χ0) is 39.1. The first-order chi connectivity index (χ1) is 26.7. The minimum absolute atomic E-state index is 0.168. The largest absolute Gasteiger partial charge is 0.457 e. The SMILES string of the molecule is CCCCC/C=C\C/C=C\CCCCCCCCCCCCOCC(CO)OC(=O)CCCCCCCCCCCCCCCCCCCCCCCC. The average Bonchev–Trinajstić information content (AvgIpc) is 3.18. The number of hydrogen-bond acceptors (Lipinski definition) is 4. The van der Waals surface area contributed by atoms with Crippen molar-refractivity contribution in [3.05, 3.63) is 24.3 Å². The molecule has 0 aromatic rings. The Morgan fingerprint density at radius 1 is 0.444 bits per heavy atom. The lowest BCUT2D eigenvalue weighted by Gasteiger charge is -2.16. The van der Waals surface area contributed by atoms with Crippen molar-refractivity contribution in [3.8, 4) is 0 Å². The summed E-state index contributed by atoms with van der Waals surface area (Å²) >= 11 is 0. The smallest absolute Gasteiger partial charge is 0.306 e. The first-order valence-corrected chi connectivity index (χ1v) is 24.4. The monoisotopic (exact) mass is 761 g/mol. The zero-order valence-electron chi connectivity index (χ0n) is 36.8. The maximum atomic E-state index is 12.3. The van der Waals surface area contributed by atoms with Gasteiger partial charge in [0.1, 0.15) is 6.10 Å². The predicted octanol–water partition coefficient (Wildman–Crippen LogP) is 16.3. The molecule has 0 aliphatic heterocycles. The van der Waals surface area contributed by atoms with Crippen molar-refractivity contribution in [2.75, 3.05) is 19.8 Å². The number of hydrogen-bond donors (Lipinski definition) is 1. The molecule has 0 spiro atoms. The molecule has 0 aliphatic carbocycles. The summed E-state index contributed by atoms with van der Waals surface area (Å²) in [5, 5.41) is 9.64. The van der Waals surface area contributed by atoms with Crippen molar-refractivity contribution in [2.24, 2.45) is 0 Å². The van der Waals surface area contributed by atoms with Gasteiger partial charge in [-0.05, 0) is 44.9 Å². The first kappa shape index (κ1) is 52.9. The number of aliphatic hydroxyl groups is 1. The second-order valence-electron chi connectivity index (χ2n) is 16.5. The summed E-state index contributed by atoms with van der Waals surface area (Å²) in [6.07, 6.45) is 59.7. The summed E-state index contributed by atoms with van der Waals surface area (Å²) in [5.74, 6) is -0.195. The first-order valence-electron chi connectivity index (χ1n) is 24.4. The molecule has 0 aromatic carbocycles. The molecule has 1 atom stereocenters. The normalized spacial score (nSPS) is 12.4. The van der Waals surface area contributed by atoms with Crippen molar-refractivity contribution in [3.63, 3.8) is 0 Å². The molecule has 0 rings (SSSR count). The molecule has 1 unspecified atom stereocenters. The second-order valence-corrected chi connectivity index (χ2v) is 16.5. The number of allylic oxidation sites excluding steroid dienone is 4. The maximum Gasteiger partial charge on any atom is 0.306 e. The summed E-state index contributed by atoms with van der Waals surface area (Å²) in [6, 6.07) is 0. The molecule has 0 aliphatic rings. The molecule has 54 heavy (non-hydrogen) atoms. The third-order valence-corrected chi connectivity index (χ3v) is 11.0. The van der Waals surface area contributed by atoms with Crippen molar-refractivity contribution in [1.82, 2.24) is 0 Å². The molecule has 4 nitrogen and oxygen atoms in total. The fraction of sp³-hybridized carbons (Fsp3) is 0.900. The van der Waals surface area contributed by atoms with Crippen LogP contribution in [0.5, 0.6) is 0 Å². The van der Waals surface area contributed by atoms with E-state index in [-0.39, 0.29) is 12.6 Å². The Morgan fingerprint density at radius 2 is 0.778 bits per heavy atom. The third kappa shape index (κ3) is 45.3. The minimum Gasteiger partial charge on any atom is -0.457 e. The van der Waals surface area contributed by atoms with Crippen LogP contribution >= 0.6 is 0 Å². The fourth-order valence-electron chi connectivity index (χ4n) is 7.36. The molecule has 4 heteroatoms.